The van der Waals surface area contributed by atoms with Crippen LogP contribution in [0.1, 0.15) is 28.7 Å². The first-order valence-electron chi connectivity index (χ1n) is 5.34. The number of carbonyl (C=O) groups is 1. The van der Waals surface area contributed by atoms with Crippen molar-refractivity contribution >= 4 is 17.3 Å². The summed E-state index contributed by atoms with van der Waals surface area (Å²) in [6.07, 6.45) is 4.47. The number of aryl methyl sites for hydroxylation is 2. The molecule has 0 fully saturated rings. The molecule has 0 spiro atoms. The van der Waals surface area contributed by atoms with Crippen molar-refractivity contribution in [1.29, 1.82) is 0 Å². The van der Waals surface area contributed by atoms with Crippen LogP contribution in [0.4, 0.5) is 0 Å². The monoisotopic (exact) mass is 251 g/mol. The van der Waals surface area contributed by atoms with E-state index in [-0.39, 0.29) is 5.69 Å². The summed E-state index contributed by atoms with van der Waals surface area (Å²) in [7, 11) is 0. The summed E-state index contributed by atoms with van der Waals surface area (Å²) in [5.41, 5.74) is 1.02. The van der Waals surface area contributed by atoms with Gasteiger partial charge in [-0.3, -0.25) is 0 Å². The summed E-state index contributed by atoms with van der Waals surface area (Å²) in [4.78, 5) is 19.9. The van der Waals surface area contributed by atoms with Gasteiger partial charge >= 0.3 is 5.97 Å². The van der Waals surface area contributed by atoms with Crippen molar-refractivity contribution in [1.82, 2.24) is 14.5 Å². The van der Waals surface area contributed by atoms with E-state index >= 15 is 0 Å². The maximum absolute atomic E-state index is 10.9. The van der Waals surface area contributed by atoms with Crippen molar-refractivity contribution in [2.75, 3.05) is 0 Å². The average Bonchev–Trinajstić information content (AvgIpc) is 2.84. The Morgan fingerprint density at radius 2 is 2.35 bits per heavy atom. The van der Waals surface area contributed by atoms with Gasteiger partial charge in [-0.2, -0.15) is 0 Å². The molecule has 2 heterocycles. The number of rotatable bonds is 4. The first kappa shape index (κ1) is 11.8. The number of carboxylic acids is 1. The third-order valence-corrected chi connectivity index (χ3v) is 3.39. The highest BCUT2D eigenvalue weighted by molar-refractivity contribution is 7.15. The van der Waals surface area contributed by atoms with Gasteiger partial charge in [-0.15, -0.1) is 11.3 Å². The van der Waals surface area contributed by atoms with Gasteiger partial charge in [0.1, 0.15) is 5.01 Å². The number of nitrogens with zero attached hydrogens (tertiary/aromatic N) is 3. The van der Waals surface area contributed by atoms with Crippen molar-refractivity contribution in [2.24, 2.45) is 0 Å². The molecular formula is C11H13N3O2S. The van der Waals surface area contributed by atoms with E-state index in [0.29, 0.717) is 5.01 Å². The summed E-state index contributed by atoms with van der Waals surface area (Å²) in [5.74, 6) is -0.980. The zero-order valence-corrected chi connectivity index (χ0v) is 10.5. The minimum Gasteiger partial charge on any atom is -0.476 e. The van der Waals surface area contributed by atoms with Crippen LogP contribution in [-0.2, 0) is 6.54 Å². The number of thiazole rings is 1. The predicted molar refractivity (Wildman–Crippen MR) is 65.3 cm³/mol. The Morgan fingerprint density at radius 3 is 2.94 bits per heavy atom. The second-order valence-corrected chi connectivity index (χ2v) is 4.90. The van der Waals surface area contributed by atoms with Gasteiger partial charge in [-0.05, 0) is 13.3 Å². The molecule has 0 radical (unpaired) electrons. The normalized spacial score (nSPS) is 10.7. The van der Waals surface area contributed by atoms with Crippen LogP contribution in [0.5, 0.6) is 0 Å². The zero-order chi connectivity index (χ0) is 12.4. The molecule has 0 aliphatic heterocycles. The molecule has 0 atom stereocenters. The van der Waals surface area contributed by atoms with Gasteiger partial charge in [0.2, 0.25) is 0 Å². The van der Waals surface area contributed by atoms with Gasteiger partial charge in [0.25, 0.3) is 0 Å². The lowest BCUT2D eigenvalue weighted by atomic mass is 10.4. The van der Waals surface area contributed by atoms with Gasteiger partial charge in [0, 0.05) is 11.4 Å². The maximum Gasteiger partial charge on any atom is 0.355 e. The fourth-order valence-corrected chi connectivity index (χ4v) is 2.55. The molecule has 0 unspecified atom stereocenters. The Hall–Kier alpha value is -1.69. The fourth-order valence-electron chi connectivity index (χ4n) is 1.62. The van der Waals surface area contributed by atoms with Crippen molar-refractivity contribution in [3.05, 3.63) is 23.1 Å². The smallest absolute Gasteiger partial charge is 0.355 e. The van der Waals surface area contributed by atoms with Crippen LogP contribution >= 0.6 is 11.3 Å². The van der Waals surface area contributed by atoms with Gasteiger partial charge in [0.05, 0.1) is 18.2 Å². The van der Waals surface area contributed by atoms with E-state index in [4.69, 9.17) is 5.11 Å². The number of imidazole rings is 1. The number of aromatic nitrogens is 3. The van der Waals surface area contributed by atoms with Crippen molar-refractivity contribution in [3.8, 4) is 10.7 Å². The molecule has 17 heavy (non-hydrogen) atoms. The summed E-state index contributed by atoms with van der Waals surface area (Å²) in [6, 6.07) is 0. The summed E-state index contributed by atoms with van der Waals surface area (Å²) in [5, 5.41) is 9.68. The molecule has 0 aliphatic rings. The summed E-state index contributed by atoms with van der Waals surface area (Å²) in [6.45, 7) is 4.71. The lowest BCUT2D eigenvalue weighted by molar-refractivity contribution is 0.0690. The van der Waals surface area contributed by atoms with E-state index in [1.165, 1.54) is 11.3 Å². The van der Waals surface area contributed by atoms with Crippen molar-refractivity contribution in [2.45, 2.75) is 26.8 Å². The van der Waals surface area contributed by atoms with E-state index in [1.807, 2.05) is 4.57 Å². The standard InChI is InChI=1S/C11H13N3O2S/c1-3-4-14-6-12-5-8(14)10-13-9(11(15)16)7(2)17-10/h5-6H,3-4H2,1-2H3,(H,15,16). The highest BCUT2D eigenvalue weighted by atomic mass is 32.1. The van der Waals surface area contributed by atoms with Crippen molar-refractivity contribution < 1.29 is 9.90 Å². The van der Waals surface area contributed by atoms with Gasteiger partial charge < -0.3 is 9.67 Å². The van der Waals surface area contributed by atoms with Crippen LogP contribution in [0, 0.1) is 6.92 Å². The number of carboxylic acid groups (broad SMARTS) is 1. The van der Waals surface area contributed by atoms with Gasteiger partial charge in [-0.1, -0.05) is 6.92 Å². The lowest BCUT2D eigenvalue weighted by Gasteiger charge is -2.02. The highest BCUT2D eigenvalue weighted by Crippen LogP contribution is 2.27. The Balaban J connectivity index is 2.42. The SMILES string of the molecule is CCCn1cncc1-c1nc(C(=O)O)c(C)s1. The van der Waals surface area contributed by atoms with Crippen LogP contribution in [0.25, 0.3) is 10.7 Å². The predicted octanol–water partition coefficient (Wildman–Crippen LogP) is 2.42. The molecule has 0 aliphatic carbocycles. The van der Waals surface area contributed by atoms with Crippen LogP contribution in [0.15, 0.2) is 12.5 Å². The minimum atomic E-state index is -0.980. The van der Waals surface area contributed by atoms with Crippen molar-refractivity contribution in [3.63, 3.8) is 0 Å². The van der Waals surface area contributed by atoms with E-state index < -0.39 is 5.97 Å². The molecular weight excluding hydrogens is 238 g/mol. The lowest BCUT2D eigenvalue weighted by Crippen LogP contribution is -2.00. The maximum atomic E-state index is 10.9. The van der Waals surface area contributed by atoms with Gasteiger partial charge in [0.15, 0.2) is 5.69 Å². The Morgan fingerprint density at radius 1 is 1.59 bits per heavy atom. The van der Waals surface area contributed by atoms with E-state index in [2.05, 4.69) is 16.9 Å². The number of aromatic carboxylic acids is 1. The largest absolute Gasteiger partial charge is 0.476 e. The van der Waals surface area contributed by atoms with Crippen LogP contribution in [0.2, 0.25) is 0 Å². The molecule has 0 aromatic carbocycles. The molecule has 2 aromatic rings. The first-order valence-corrected chi connectivity index (χ1v) is 6.16. The zero-order valence-electron chi connectivity index (χ0n) is 9.67. The topological polar surface area (TPSA) is 68.0 Å². The third kappa shape index (κ3) is 2.21. The van der Waals surface area contributed by atoms with E-state index in [0.717, 1.165) is 23.5 Å². The van der Waals surface area contributed by atoms with E-state index in [1.54, 1.807) is 19.4 Å². The molecule has 0 amide bonds. The molecule has 0 saturated carbocycles. The van der Waals surface area contributed by atoms with Crippen LogP contribution in [0.3, 0.4) is 0 Å². The Labute approximate surface area is 103 Å². The average molecular weight is 251 g/mol. The molecule has 90 valence electrons. The molecule has 1 N–H and O–H groups in total. The summed E-state index contributed by atoms with van der Waals surface area (Å²) < 4.78 is 1.99. The molecule has 6 heteroatoms. The molecule has 0 bridgehead atoms. The first-order chi connectivity index (χ1) is 8.13. The molecule has 2 rings (SSSR count). The second kappa shape index (κ2) is 4.67. The summed E-state index contributed by atoms with van der Waals surface area (Å²) >= 11 is 1.39. The Bertz CT molecular complexity index is 545. The quantitative estimate of drug-likeness (QED) is 0.906. The number of hydrogen-bond acceptors (Lipinski definition) is 4. The number of hydrogen-bond donors (Lipinski definition) is 1. The molecule has 2 aromatic heterocycles. The van der Waals surface area contributed by atoms with E-state index in [9.17, 15) is 4.79 Å². The Kier molecular flexibility index (Phi) is 3.23. The highest BCUT2D eigenvalue weighted by Gasteiger charge is 2.17. The molecule has 0 saturated heterocycles. The second-order valence-electron chi connectivity index (χ2n) is 3.70. The third-order valence-electron chi connectivity index (χ3n) is 2.40. The minimum absolute atomic E-state index is 0.134. The van der Waals surface area contributed by atoms with Crippen LogP contribution in [-0.4, -0.2) is 25.6 Å². The fraction of sp³-hybridized carbons (Fsp3) is 0.364. The molecule has 5 nitrogen and oxygen atoms in total. The van der Waals surface area contributed by atoms with Crippen LogP contribution < -0.4 is 0 Å². The van der Waals surface area contributed by atoms with Gasteiger partial charge in [-0.25, -0.2) is 14.8 Å².